The van der Waals surface area contributed by atoms with E-state index in [1.165, 1.54) is 24.3 Å². The van der Waals surface area contributed by atoms with Crippen LogP contribution in [0.5, 0.6) is 5.75 Å². The van der Waals surface area contributed by atoms with Gasteiger partial charge in [0.25, 0.3) is 0 Å². The molecule has 3 aromatic rings. The highest BCUT2D eigenvalue weighted by Gasteiger charge is 2.29. The number of nitrogens with one attached hydrogen (secondary N) is 1. The van der Waals surface area contributed by atoms with Crippen LogP contribution in [0.4, 0.5) is 5.88 Å². The number of ether oxygens (including phenoxy) is 1. The number of hydrogen-bond acceptors (Lipinski definition) is 6. The maximum atomic E-state index is 13.2. The molecule has 8 heteroatoms. The van der Waals surface area contributed by atoms with Gasteiger partial charge >= 0.3 is 0 Å². The Balaban J connectivity index is 2.09. The molecule has 2 aromatic carbocycles. The molecule has 1 N–H and O–H groups in total. The van der Waals surface area contributed by atoms with Gasteiger partial charge in [0, 0.05) is 16.6 Å². The predicted molar refractivity (Wildman–Crippen MR) is 109 cm³/mol. The van der Waals surface area contributed by atoms with Gasteiger partial charge in [0.1, 0.15) is 5.75 Å². The number of oxazole rings is 1. The van der Waals surface area contributed by atoms with Gasteiger partial charge in [-0.05, 0) is 61.9 Å². The van der Waals surface area contributed by atoms with Crippen molar-refractivity contribution in [2.24, 2.45) is 0 Å². The second-order valence-corrected chi connectivity index (χ2v) is 8.59. The Morgan fingerprint density at radius 1 is 1.14 bits per heavy atom. The molecular formula is C20H21ClN2O4S. The van der Waals surface area contributed by atoms with E-state index < -0.39 is 9.84 Å². The Hall–Kier alpha value is -2.51. The second-order valence-electron chi connectivity index (χ2n) is 6.29. The van der Waals surface area contributed by atoms with Crippen molar-refractivity contribution in [3.63, 3.8) is 0 Å². The zero-order valence-electron chi connectivity index (χ0n) is 15.8. The third-order valence-corrected chi connectivity index (χ3v) is 6.23. The summed E-state index contributed by atoms with van der Waals surface area (Å²) in [6.45, 7) is 3.93. The third-order valence-electron chi connectivity index (χ3n) is 4.30. The molecule has 0 spiro atoms. The van der Waals surface area contributed by atoms with Crippen molar-refractivity contribution >= 4 is 27.3 Å². The lowest BCUT2D eigenvalue weighted by Gasteiger charge is -2.11. The van der Waals surface area contributed by atoms with Gasteiger partial charge in [0.05, 0.1) is 12.0 Å². The first-order valence-electron chi connectivity index (χ1n) is 8.77. The van der Waals surface area contributed by atoms with Crippen molar-refractivity contribution in [1.82, 2.24) is 4.98 Å². The first-order valence-corrected chi connectivity index (χ1v) is 10.6. The quantitative estimate of drug-likeness (QED) is 0.576. The maximum Gasteiger partial charge on any atom is 0.234 e. The van der Waals surface area contributed by atoms with Gasteiger partial charge in [-0.15, -0.1) is 0 Å². The van der Waals surface area contributed by atoms with E-state index in [-0.39, 0.29) is 27.7 Å². The van der Waals surface area contributed by atoms with Crippen LogP contribution in [0, 0.1) is 0 Å². The molecule has 1 atom stereocenters. The summed E-state index contributed by atoms with van der Waals surface area (Å²) >= 11 is 5.88. The first kappa shape index (κ1) is 20.2. The zero-order valence-corrected chi connectivity index (χ0v) is 17.3. The number of aromatic nitrogens is 1. The standard InChI is InChI=1S/C20H21ClN2O4S/c1-4-13(2)22-19-20(28(24,25)17-11-7-15(21)8-12-17)23-18(27-19)14-5-9-16(26-3)10-6-14/h5-13,22H,4H2,1-3H3. The van der Waals surface area contributed by atoms with Crippen LogP contribution < -0.4 is 10.1 Å². The van der Waals surface area contributed by atoms with Gasteiger partial charge in [-0.2, -0.15) is 4.98 Å². The van der Waals surface area contributed by atoms with Gasteiger partial charge in [0.15, 0.2) is 0 Å². The lowest BCUT2D eigenvalue weighted by Crippen LogP contribution is -2.15. The molecule has 0 aliphatic rings. The average molecular weight is 421 g/mol. The minimum absolute atomic E-state index is 0.0100. The first-order chi connectivity index (χ1) is 13.3. The van der Waals surface area contributed by atoms with Gasteiger partial charge in [-0.1, -0.05) is 18.5 Å². The lowest BCUT2D eigenvalue weighted by atomic mass is 10.2. The summed E-state index contributed by atoms with van der Waals surface area (Å²) in [7, 11) is -2.32. The van der Waals surface area contributed by atoms with Crippen molar-refractivity contribution in [3.05, 3.63) is 53.6 Å². The van der Waals surface area contributed by atoms with E-state index in [0.717, 1.165) is 6.42 Å². The van der Waals surface area contributed by atoms with E-state index in [9.17, 15) is 8.42 Å². The average Bonchev–Trinajstić information content (AvgIpc) is 3.13. The third kappa shape index (κ3) is 4.15. The minimum Gasteiger partial charge on any atom is -0.497 e. The van der Waals surface area contributed by atoms with Crippen LogP contribution in [0.15, 0.2) is 62.9 Å². The van der Waals surface area contributed by atoms with Gasteiger partial charge in [0.2, 0.25) is 26.6 Å². The number of rotatable bonds is 7. The van der Waals surface area contributed by atoms with Crippen LogP contribution in [-0.2, 0) is 9.84 Å². The Bertz CT molecular complexity index is 1040. The summed E-state index contributed by atoms with van der Waals surface area (Å²) in [5.41, 5.74) is 0.644. The van der Waals surface area contributed by atoms with E-state index in [4.69, 9.17) is 20.8 Å². The molecule has 0 saturated heterocycles. The summed E-state index contributed by atoms with van der Waals surface area (Å²) in [6.07, 6.45) is 0.791. The van der Waals surface area contributed by atoms with Crippen LogP contribution in [0.3, 0.4) is 0 Å². The molecule has 148 valence electrons. The molecule has 0 bridgehead atoms. The van der Waals surface area contributed by atoms with E-state index >= 15 is 0 Å². The fraction of sp³-hybridized carbons (Fsp3) is 0.250. The van der Waals surface area contributed by atoms with E-state index in [2.05, 4.69) is 10.3 Å². The maximum absolute atomic E-state index is 13.2. The Kier molecular flexibility index (Phi) is 5.96. The number of halogens is 1. The van der Waals surface area contributed by atoms with Gasteiger partial charge < -0.3 is 14.5 Å². The highest BCUT2D eigenvalue weighted by molar-refractivity contribution is 7.91. The minimum atomic E-state index is -3.89. The fourth-order valence-electron chi connectivity index (χ4n) is 2.49. The molecule has 0 amide bonds. The predicted octanol–water partition coefficient (Wildman–Crippen LogP) is 5.05. The van der Waals surface area contributed by atoms with Crippen molar-refractivity contribution in [3.8, 4) is 17.2 Å². The number of hydrogen-bond donors (Lipinski definition) is 1. The molecule has 0 saturated carbocycles. The van der Waals surface area contributed by atoms with Crippen molar-refractivity contribution < 1.29 is 17.6 Å². The number of nitrogens with zero attached hydrogens (tertiary/aromatic N) is 1. The number of sulfone groups is 1. The largest absolute Gasteiger partial charge is 0.497 e. The van der Waals surface area contributed by atoms with Crippen LogP contribution in [0.2, 0.25) is 5.02 Å². The molecule has 0 radical (unpaired) electrons. The molecule has 6 nitrogen and oxygen atoms in total. The smallest absolute Gasteiger partial charge is 0.234 e. The van der Waals surface area contributed by atoms with Crippen LogP contribution in [-0.4, -0.2) is 26.6 Å². The van der Waals surface area contributed by atoms with Crippen LogP contribution >= 0.6 is 11.6 Å². The summed E-state index contributed by atoms with van der Waals surface area (Å²) < 4.78 is 37.3. The monoisotopic (exact) mass is 420 g/mol. The van der Waals surface area contributed by atoms with Gasteiger partial charge in [-0.3, -0.25) is 0 Å². The number of methoxy groups -OCH3 is 1. The molecule has 0 fully saturated rings. The highest BCUT2D eigenvalue weighted by atomic mass is 35.5. The fourth-order valence-corrected chi connectivity index (χ4v) is 3.88. The Morgan fingerprint density at radius 3 is 2.36 bits per heavy atom. The molecule has 1 heterocycles. The topological polar surface area (TPSA) is 81.4 Å². The van der Waals surface area contributed by atoms with E-state index in [1.807, 2.05) is 13.8 Å². The molecule has 1 unspecified atom stereocenters. The van der Waals surface area contributed by atoms with Crippen molar-refractivity contribution in [2.45, 2.75) is 36.2 Å². The summed E-state index contributed by atoms with van der Waals surface area (Å²) in [5, 5.41) is 3.40. The highest BCUT2D eigenvalue weighted by Crippen LogP contribution is 2.33. The summed E-state index contributed by atoms with van der Waals surface area (Å²) in [4.78, 5) is 4.40. The van der Waals surface area contributed by atoms with Crippen LogP contribution in [0.25, 0.3) is 11.5 Å². The molecule has 28 heavy (non-hydrogen) atoms. The lowest BCUT2D eigenvalue weighted by molar-refractivity contribution is 0.415. The number of benzene rings is 2. The summed E-state index contributed by atoms with van der Waals surface area (Å²) in [6, 6.07) is 13.0. The van der Waals surface area contributed by atoms with Gasteiger partial charge in [-0.25, -0.2) is 8.42 Å². The van der Waals surface area contributed by atoms with Crippen LogP contribution in [0.1, 0.15) is 20.3 Å². The zero-order chi connectivity index (χ0) is 20.3. The number of anilines is 1. The van der Waals surface area contributed by atoms with E-state index in [1.54, 1.807) is 31.4 Å². The Labute approximate surface area is 169 Å². The van der Waals surface area contributed by atoms with Crippen molar-refractivity contribution in [2.75, 3.05) is 12.4 Å². The SMILES string of the molecule is CCC(C)Nc1oc(-c2ccc(OC)cc2)nc1S(=O)(=O)c1ccc(Cl)cc1. The summed E-state index contributed by atoms with van der Waals surface area (Å²) in [5.74, 6) is 1.01. The molecule has 1 aromatic heterocycles. The second kappa shape index (κ2) is 8.24. The molecule has 0 aliphatic carbocycles. The molecule has 3 rings (SSSR count). The molecule has 0 aliphatic heterocycles. The normalized spacial score (nSPS) is 12.6. The van der Waals surface area contributed by atoms with Crippen molar-refractivity contribution in [1.29, 1.82) is 0 Å². The van der Waals surface area contributed by atoms with E-state index in [0.29, 0.717) is 16.3 Å². The molecular weight excluding hydrogens is 400 g/mol. The Morgan fingerprint density at radius 2 is 1.79 bits per heavy atom.